The van der Waals surface area contributed by atoms with Crippen molar-refractivity contribution in [2.45, 2.75) is 19.8 Å². The Morgan fingerprint density at radius 3 is 2.62 bits per heavy atom. The largest absolute Gasteiger partial charge is 0.363 e. The van der Waals surface area contributed by atoms with Gasteiger partial charge in [-0.3, -0.25) is 0 Å². The van der Waals surface area contributed by atoms with E-state index in [0.717, 1.165) is 6.54 Å². The molecule has 0 aromatic heterocycles. The normalized spacial score (nSPS) is 8.75. The van der Waals surface area contributed by atoms with Crippen LogP contribution in [0.5, 0.6) is 0 Å². The van der Waals surface area contributed by atoms with Gasteiger partial charge in [-0.2, -0.15) is 0 Å². The van der Waals surface area contributed by atoms with E-state index < -0.39 is 0 Å². The van der Waals surface area contributed by atoms with Crippen molar-refractivity contribution in [2.24, 2.45) is 0 Å². The molecular formula is C6H12NS. The lowest BCUT2D eigenvalue weighted by molar-refractivity contribution is 0.504. The first-order valence-electron chi connectivity index (χ1n) is 2.90. The molecule has 0 aliphatic rings. The molecule has 0 saturated carbocycles. The predicted molar refractivity (Wildman–Crippen MR) is 40.1 cm³/mol. The fourth-order valence-corrected chi connectivity index (χ4v) is 0.532. The molecule has 0 saturated heterocycles. The second-order valence-corrected chi connectivity index (χ2v) is 2.05. The van der Waals surface area contributed by atoms with Crippen LogP contribution >= 0.6 is 12.2 Å². The van der Waals surface area contributed by atoms with E-state index in [2.05, 4.69) is 24.6 Å². The Bertz CT molecular complexity index is 63.5. The van der Waals surface area contributed by atoms with E-state index in [0.29, 0.717) is 0 Å². The van der Waals surface area contributed by atoms with Gasteiger partial charge in [0, 0.05) is 13.6 Å². The van der Waals surface area contributed by atoms with Crippen LogP contribution in [0.4, 0.5) is 0 Å². The standard InChI is InChI=1S/C6H12NS/c1-3-4-5-7(2)6-8/h3-5H2,1-2H3. The van der Waals surface area contributed by atoms with E-state index in [4.69, 9.17) is 0 Å². The average Bonchev–Trinajstić information content (AvgIpc) is 1.83. The Kier molecular flexibility index (Phi) is 4.97. The molecule has 1 radical (unpaired) electrons. The molecule has 0 bridgehead atoms. The quantitative estimate of drug-likeness (QED) is 0.419. The minimum atomic E-state index is 1.04. The van der Waals surface area contributed by atoms with Crippen LogP contribution in [-0.2, 0) is 0 Å². The summed E-state index contributed by atoms with van der Waals surface area (Å²) >= 11 is 4.56. The predicted octanol–water partition coefficient (Wildman–Crippen LogP) is 1.55. The Labute approximate surface area is 56.7 Å². The minimum Gasteiger partial charge on any atom is -0.363 e. The lowest BCUT2D eigenvalue weighted by Crippen LogP contribution is -2.15. The maximum Gasteiger partial charge on any atom is 0.136 e. The number of nitrogens with zero attached hydrogens (tertiary/aromatic N) is 1. The monoisotopic (exact) mass is 130 g/mol. The van der Waals surface area contributed by atoms with E-state index in [1.807, 2.05) is 11.9 Å². The summed E-state index contributed by atoms with van der Waals surface area (Å²) in [6.45, 7) is 3.21. The Morgan fingerprint density at radius 1 is 1.62 bits per heavy atom. The summed E-state index contributed by atoms with van der Waals surface area (Å²) in [5.41, 5.74) is 2.62. The molecule has 0 atom stereocenters. The Morgan fingerprint density at radius 2 is 2.25 bits per heavy atom. The molecule has 0 unspecified atom stereocenters. The van der Waals surface area contributed by atoms with Crippen molar-refractivity contribution in [3.05, 3.63) is 0 Å². The smallest absolute Gasteiger partial charge is 0.136 e. The molecule has 0 aromatic rings. The second kappa shape index (κ2) is 5.04. The van der Waals surface area contributed by atoms with Crippen LogP contribution in [0.2, 0.25) is 0 Å². The molecule has 0 spiro atoms. The molecule has 0 aromatic carbocycles. The number of hydrogen-bond donors (Lipinski definition) is 0. The van der Waals surface area contributed by atoms with Crippen LogP contribution < -0.4 is 0 Å². The molecule has 0 aliphatic carbocycles. The van der Waals surface area contributed by atoms with Gasteiger partial charge in [-0.05, 0) is 6.42 Å². The van der Waals surface area contributed by atoms with Gasteiger partial charge in [0.1, 0.15) is 5.49 Å². The van der Waals surface area contributed by atoms with Gasteiger partial charge in [-0.15, -0.1) is 0 Å². The fourth-order valence-electron chi connectivity index (χ4n) is 0.441. The number of rotatable bonds is 4. The van der Waals surface area contributed by atoms with Gasteiger partial charge < -0.3 is 4.90 Å². The summed E-state index contributed by atoms with van der Waals surface area (Å²) in [5.74, 6) is 0. The van der Waals surface area contributed by atoms with Crippen LogP contribution in [0.3, 0.4) is 0 Å². The van der Waals surface area contributed by atoms with Crippen LogP contribution in [0, 0.1) is 0 Å². The molecule has 0 fully saturated rings. The zero-order valence-corrected chi connectivity index (χ0v) is 6.29. The van der Waals surface area contributed by atoms with Crippen molar-refractivity contribution in [1.82, 2.24) is 4.90 Å². The summed E-state index contributed by atoms with van der Waals surface area (Å²) < 4.78 is 0. The molecule has 0 rings (SSSR count). The van der Waals surface area contributed by atoms with Crippen molar-refractivity contribution in [2.75, 3.05) is 13.6 Å². The topological polar surface area (TPSA) is 3.24 Å². The zero-order valence-electron chi connectivity index (χ0n) is 5.48. The molecule has 47 valence electrons. The SMILES string of the molecule is CCCCN(C)[C]=S. The summed E-state index contributed by atoms with van der Waals surface area (Å²) in [7, 11) is 1.95. The third-order valence-corrected chi connectivity index (χ3v) is 1.31. The fraction of sp³-hybridized carbons (Fsp3) is 0.833. The average molecular weight is 130 g/mol. The molecule has 0 amide bonds. The summed E-state index contributed by atoms with van der Waals surface area (Å²) in [6.07, 6.45) is 2.43. The van der Waals surface area contributed by atoms with Gasteiger partial charge in [0.15, 0.2) is 0 Å². The van der Waals surface area contributed by atoms with Crippen LogP contribution in [0.15, 0.2) is 0 Å². The van der Waals surface area contributed by atoms with E-state index in [-0.39, 0.29) is 0 Å². The Hall–Kier alpha value is -0.110. The van der Waals surface area contributed by atoms with Crippen molar-refractivity contribution in [3.8, 4) is 0 Å². The van der Waals surface area contributed by atoms with Crippen LogP contribution in [0.25, 0.3) is 0 Å². The lowest BCUT2D eigenvalue weighted by Gasteiger charge is -2.08. The summed E-state index contributed by atoms with van der Waals surface area (Å²) in [4.78, 5) is 1.90. The Balaban J connectivity index is 2.98. The van der Waals surface area contributed by atoms with E-state index >= 15 is 0 Å². The first-order chi connectivity index (χ1) is 3.81. The molecule has 0 heterocycles. The highest BCUT2D eigenvalue weighted by Gasteiger charge is 1.87. The van der Waals surface area contributed by atoms with Gasteiger partial charge in [-0.1, -0.05) is 25.6 Å². The first kappa shape index (κ1) is 7.89. The van der Waals surface area contributed by atoms with Crippen molar-refractivity contribution >= 4 is 17.7 Å². The number of hydrogen-bond acceptors (Lipinski definition) is 1. The number of unbranched alkanes of at least 4 members (excludes halogenated alkanes) is 1. The first-order valence-corrected chi connectivity index (χ1v) is 3.31. The van der Waals surface area contributed by atoms with Crippen LogP contribution in [0.1, 0.15) is 19.8 Å². The maximum absolute atomic E-state index is 4.56. The summed E-state index contributed by atoms with van der Waals surface area (Å²) in [6, 6.07) is 0. The van der Waals surface area contributed by atoms with E-state index in [9.17, 15) is 0 Å². The third kappa shape index (κ3) is 4.06. The zero-order chi connectivity index (χ0) is 6.41. The van der Waals surface area contributed by atoms with Gasteiger partial charge in [0.05, 0.1) is 0 Å². The molecule has 1 nitrogen and oxygen atoms in total. The lowest BCUT2D eigenvalue weighted by atomic mass is 10.3. The second-order valence-electron chi connectivity index (χ2n) is 1.87. The van der Waals surface area contributed by atoms with Crippen molar-refractivity contribution in [3.63, 3.8) is 0 Å². The molecule has 2 heteroatoms. The summed E-state index contributed by atoms with van der Waals surface area (Å²) in [5, 5.41) is 0. The van der Waals surface area contributed by atoms with E-state index in [1.165, 1.54) is 12.8 Å². The van der Waals surface area contributed by atoms with Crippen LogP contribution in [-0.4, -0.2) is 24.0 Å². The van der Waals surface area contributed by atoms with Gasteiger partial charge in [0.2, 0.25) is 0 Å². The third-order valence-electron chi connectivity index (χ3n) is 1.00. The highest BCUT2D eigenvalue weighted by atomic mass is 32.1. The molecule has 0 N–H and O–H groups in total. The molecular weight excluding hydrogens is 118 g/mol. The molecule has 0 aliphatic heterocycles. The van der Waals surface area contributed by atoms with Crippen molar-refractivity contribution < 1.29 is 0 Å². The highest BCUT2D eigenvalue weighted by Crippen LogP contribution is 1.87. The van der Waals surface area contributed by atoms with Gasteiger partial charge in [0.25, 0.3) is 0 Å². The highest BCUT2D eigenvalue weighted by molar-refractivity contribution is 7.78. The minimum absolute atomic E-state index is 1.04. The van der Waals surface area contributed by atoms with E-state index in [1.54, 1.807) is 0 Å². The van der Waals surface area contributed by atoms with Crippen molar-refractivity contribution in [1.29, 1.82) is 0 Å². The number of thiocarbonyl (C=S) groups is 1. The van der Waals surface area contributed by atoms with Gasteiger partial charge in [-0.25, -0.2) is 0 Å². The molecule has 8 heavy (non-hydrogen) atoms. The maximum atomic E-state index is 4.56. The van der Waals surface area contributed by atoms with Gasteiger partial charge >= 0.3 is 0 Å².